The SMILES string of the molecule is C=C(C)[C@@H]1CC[C@]2(C(=O)O)CC[C@]3(C)[C@H](CC[C@@H]4[C@@]5(C)CC[C@H](O)C(C)(C)[C@@H]5CC[C@]43C)[C@@H]12.CC(=O)Cl. The maximum Gasteiger partial charge on any atom is 0.309 e. The zero-order valence-corrected chi connectivity index (χ0v) is 25.1. The molecule has 0 aromatic carbocycles. The van der Waals surface area contributed by atoms with Gasteiger partial charge in [-0.3, -0.25) is 9.59 Å². The summed E-state index contributed by atoms with van der Waals surface area (Å²) in [6.45, 7) is 20.1. The lowest BCUT2D eigenvalue weighted by Crippen LogP contribution is -2.67. The maximum atomic E-state index is 12.8. The largest absolute Gasteiger partial charge is 0.481 e. The Morgan fingerprint density at radius 2 is 1.43 bits per heavy atom. The summed E-state index contributed by atoms with van der Waals surface area (Å²) >= 11 is 4.64. The molecule has 5 aliphatic carbocycles. The van der Waals surface area contributed by atoms with E-state index in [9.17, 15) is 19.8 Å². The fourth-order valence-electron chi connectivity index (χ4n) is 11.5. The number of aliphatic hydroxyl groups excluding tert-OH is 1. The van der Waals surface area contributed by atoms with Crippen LogP contribution in [0.25, 0.3) is 0 Å². The molecule has 4 nitrogen and oxygen atoms in total. The molecule has 0 unspecified atom stereocenters. The first-order valence-corrected chi connectivity index (χ1v) is 15.1. The third kappa shape index (κ3) is 4.00. The van der Waals surface area contributed by atoms with Crippen molar-refractivity contribution in [2.75, 3.05) is 0 Å². The molecule has 2 N–H and O–H groups in total. The van der Waals surface area contributed by atoms with Crippen molar-refractivity contribution in [2.24, 2.45) is 56.7 Å². The molecular formula is C32H51ClO4. The Morgan fingerprint density at radius 1 is 0.811 bits per heavy atom. The highest BCUT2D eigenvalue weighted by atomic mass is 35.5. The van der Waals surface area contributed by atoms with Crippen LogP contribution in [-0.4, -0.2) is 27.5 Å². The van der Waals surface area contributed by atoms with E-state index in [4.69, 9.17) is 0 Å². The molecule has 5 rings (SSSR count). The van der Waals surface area contributed by atoms with E-state index in [2.05, 4.69) is 59.7 Å². The normalized spacial score (nSPS) is 49.8. The van der Waals surface area contributed by atoms with E-state index in [1.807, 2.05) is 0 Å². The lowest BCUT2D eigenvalue weighted by atomic mass is 9.32. The Kier molecular flexibility index (Phi) is 7.36. The molecule has 37 heavy (non-hydrogen) atoms. The lowest BCUT2D eigenvalue weighted by Gasteiger charge is -2.72. The van der Waals surface area contributed by atoms with Gasteiger partial charge in [0.05, 0.1) is 11.5 Å². The summed E-state index contributed by atoms with van der Waals surface area (Å²) in [4.78, 5) is 22.0. The van der Waals surface area contributed by atoms with Crippen LogP contribution in [0.1, 0.15) is 113 Å². The van der Waals surface area contributed by atoms with Gasteiger partial charge in [-0.25, -0.2) is 0 Å². The van der Waals surface area contributed by atoms with Crippen molar-refractivity contribution in [1.82, 2.24) is 0 Å². The Bertz CT molecular complexity index is 954. The predicted octanol–water partition coefficient (Wildman–Crippen LogP) is 7.86. The number of allylic oxidation sites excluding steroid dienone is 1. The highest BCUT2D eigenvalue weighted by Gasteiger charge is 2.71. The number of aliphatic hydroxyl groups is 1. The van der Waals surface area contributed by atoms with Gasteiger partial charge >= 0.3 is 5.97 Å². The number of rotatable bonds is 2. The minimum absolute atomic E-state index is 0.0202. The Balaban J connectivity index is 0.000000747. The molecule has 0 spiro atoms. The summed E-state index contributed by atoms with van der Waals surface area (Å²) in [5.41, 5.74) is 1.35. The second-order valence-electron chi connectivity index (χ2n) is 15.0. The summed E-state index contributed by atoms with van der Waals surface area (Å²) in [5, 5.41) is 21.0. The van der Waals surface area contributed by atoms with Gasteiger partial charge in [0.15, 0.2) is 0 Å². The number of hydrogen-bond donors (Lipinski definition) is 2. The van der Waals surface area contributed by atoms with Crippen LogP contribution in [0.5, 0.6) is 0 Å². The predicted molar refractivity (Wildman–Crippen MR) is 149 cm³/mol. The standard InChI is InChI=1S/C30H48O3.C2H3ClO/c1-18(2)19-10-15-30(25(32)33)17-16-28(6)20(24(19)30)8-9-22-27(5)13-12-23(31)26(3,4)21(27)11-14-29(22,28)7;1-2(3)4/h19-24,31H,1,8-17H2,2-7H3,(H,32,33);1H3/t19-,20+,21-,22+,23-,24+,27-,28+,29+,30-;/m0./s1. The smallest absolute Gasteiger partial charge is 0.309 e. The van der Waals surface area contributed by atoms with Crippen molar-refractivity contribution >= 4 is 22.8 Å². The van der Waals surface area contributed by atoms with Crippen molar-refractivity contribution in [2.45, 2.75) is 119 Å². The minimum atomic E-state index is -0.538. The molecule has 0 bridgehead atoms. The van der Waals surface area contributed by atoms with Crippen molar-refractivity contribution in [3.05, 3.63) is 12.2 Å². The molecule has 10 atom stereocenters. The molecule has 0 heterocycles. The zero-order valence-electron chi connectivity index (χ0n) is 24.3. The number of carbonyl (C=O) groups excluding carboxylic acids is 1. The van der Waals surface area contributed by atoms with Gasteiger partial charge in [-0.1, -0.05) is 46.8 Å². The average molecular weight is 535 g/mol. The summed E-state index contributed by atoms with van der Waals surface area (Å²) < 4.78 is 0. The molecule has 0 amide bonds. The van der Waals surface area contributed by atoms with Crippen LogP contribution in [-0.2, 0) is 9.59 Å². The number of fused-ring (bicyclic) bond motifs is 7. The first kappa shape index (κ1) is 29.1. The molecule has 0 radical (unpaired) electrons. The summed E-state index contributed by atoms with van der Waals surface area (Å²) in [5.74, 6) is 1.79. The van der Waals surface area contributed by atoms with Crippen LogP contribution in [0.15, 0.2) is 12.2 Å². The van der Waals surface area contributed by atoms with Crippen molar-refractivity contribution in [1.29, 1.82) is 0 Å². The second kappa shape index (κ2) is 9.36. The highest BCUT2D eigenvalue weighted by molar-refractivity contribution is 6.62. The molecule has 5 heteroatoms. The fourth-order valence-corrected chi connectivity index (χ4v) is 11.5. The first-order valence-electron chi connectivity index (χ1n) is 14.7. The number of halogens is 1. The van der Waals surface area contributed by atoms with Gasteiger partial charge in [0.1, 0.15) is 0 Å². The summed E-state index contributed by atoms with van der Waals surface area (Å²) in [6, 6.07) is 0. The van der Waals surface area contributed by atoms with E-state index in [1.165, 1.54) is 38.2 Å². The van der Waals surface area contributed by atoms with E-state index in [1.54, 1.807) is 0 Å². The maximum absolute atomic E-state index is 12.8. The number of carboxylic acids is 1. The number of aliphatic carboxylic acids is 1. The van der Waals surface area contributed by atoms with Crippen LogP contribution >= 0.6 is 11.6 Å². The second-order valence-corrected chi connectivity index (χ2v) is 15.5. The molecule has 210 valence electrons. The van der Waals surface area contributed by atoms with Crippen LogP contribution < -0.4 is 0 Å². The van der Waals surface area contributed by atoms with Gasteiger partial charge in [-0.15, -0.1) is 0 Å². The summed E-state index contributed by atoms with van der Waals surface area (Å²) in [7, 11) is 0. The van der Waals surface area contributed by atoms with Crippen LogP contribution in [0.3, 0.4) is 0 Å². The van der Waals surface area contributed by atoms with E-state index in [0.717, 1.165) is 38.5 Å². The van der Waals surface area contributed by atoms with Crippen LogP contribution in [0.2, 0.25) is 0 Å². The van der Waals surface area contributed by atoms with Gasteiger partial charge < -0.3 is 10.2 Å². The van der Waals surface area contributed by atoms with Gasteiger partial charge in [-0.2, -0.15) is 0 Å². The zero-order chi connectivity index (χ0) is 27.8. The van der Waals surface area contributed by atoms with Crippen molar-refractivity contribution < 1.29 is 19.8 Å². The Hall–Kier alpha value is -0.870. The van der Waals surface area contributed by atoms with Gasteiger partial charge in [-0.05, 0) is 134 Å². The van der Waals surface area contributed by atoms with E-state index >= 15 is 0 Å². The van der Waals surface area contributed by atoms with E-state index in [0.29, 0.717) is 23.7 Å². The third-order valence-corrected chi connectivity index (χ3v) is 13.5. The molecule has 0 saturated heterocycles. The molecule has 5 fully saturated rings. The number of carbonyl (C=O) groups is 2. The van der Waals surface area contributed by atoms with Gasteiger partial charge in [0, 0.05) is 6.92 Å². The molecule has 0 aliphatic heterocycles. The quantitative estimate of drug-likeness (QED) is 0.279. The Morgan fingerprint density at radius 3 is 2.00 bits per heavy atom. The van der Waals surface area contributed by atoms with Crippen LogP contribution in [0.4, 0.5) is 0 Å². The fraction of sp³-hybridized carbons (Fsp3) is 0.875. The number of carboxylic acid groups (broad SMARTS) is 1. The van der Waals surface area contributed by atoms with Crippen molar-refractivity contribution in [3.63, 3.8) is 0 Å². The minimum Gasteiger partial charge on any atom is -0.481 e. The lowest BCUT2D eigenvalue weighted by molar-refractivity contribution is -0.248. The molecule has 5 saturated carbocycles. The van der Waals surface area contributed by atoms with E-state index in [-0.39, 0.29) is 38.9 Å². The highest BCUT2D eigenvalue weighted by Crippen LogP contribution is 2.77. The monoisotopic (exact) mass is 534 g/mol. The van der Waals surface area contributed by atoms with Gasteiger partial charge in [0.25, 0.3) is 0 Å². The molecular weight excluding hydrogens is 484 g/mol. The van der Waals surface area contributed by atoms with Crippen molar-refractivity contribution in [3.8, 4) is 0 Å². The molecule has 5 aliphatic rings. The average Bonchev–Trinajstić information content (AvgIpc) is 3.18. The van der Waals surface area contributed by atoms with Crippen LogP contribution in [0, 0.1) is 56.7 Å². The topological polar surface area (TPSA) is 74.6 Å². The molecule has 0 aromatic rings. The third-order valence-electron chi connectivity index (χ3n) is 13.5. The van der Waals surface area contributed by atoms with E-state index < -0.39 is 11.4 Å². The molecule has 0 aromatic heterocycles. The first-order chi connectivity index (χ1) is 17.0. The Labute approximate surface area is 230 Å². The van der Waals surface area contributed by atoms with Gasteiger partial charge in [0.2, 0.25) is 5.24 Å². The summed E-state index contributed by atoms with van der Waals surface area (Å²) in [6.07, 6.45) is 10.5. The number of hydrogen-bond acceptors (Lipinski definition) is 3.